The van der Waals surface area contributed by atoms with Gasteiger partial charge in [0, 0.05) is 22.9 Å². The Kier molecular flexibility index (Phi) is 5.12. The minimum Gasteiger partial charge on any atom is -0.350 e. The smallest absolute Gasteiger partial charge is 0.350 e. The number of hydrogen-bond donors (Lipinski definition) is 1. The van der Waals surface area contributed by atoms with Crippen LogP contribution in [0.2, 0.25) is 0 Å². The quantitative estimate of drug-likeness (QED) is 0.353. The topological polar surface area (TPSA) is 72.2 Å². The van der Waals surface area contributed by atoms with Gasteiger partial charge in [-0.3, -0.25) is 14.9 Å². The molecule has 0 aliphatic rings. The largest absolute Gasteiger partial charge is 0.416 e. The number of nitro benzene ring substituents is 1. The zero-order chi connectivity index (χ0) is 20.3. The summed E-state index contributed by atoms with van der Waals surface area (Å²) in [5, 5.41) is 14.0. The second-order valence-electron chi connectivity index (χ2n) is 5.88. The highest BCUT2D eigenvalue weighted by atomic mass is 19.4. The van der Waals surface area contributed by atoms with Crippen molar-refractivity contribution in [1.29, 1.82) is 0 Å². The molecule has 8 heteroatoms. The highest BCUT2D eigenvalue weighted by Gasteiger charge is 2.30. The molecule has 0 aliphatic heterocycles. The van der Waals surface area contributed by atoms with Crippen LogP contribution in [0.4, 0.5) is 30.2 Å². The molecule has 0 fully saturated rings. The van der Waals surface area contributed by atoms with E-state index in [0.717, 1.165) is 24.3 Å². The molecule has 3 aromatic carbocycles. The number of benzene rings is 3. The third-order valence-corrected chi connectivity index (χ3v) is 4.00. The third kappa shape index (κ3) is 4.17. The van der Waals surface area contributed by atoms with Crippen LogP contribution in [0.1, 0.15) is 21.5 Å². The summed E-state index contributed by atoms with van der Waals surface area (Å²) in [6.45, 7) is 0. The molecule has 3 aromatic rings. The molecule has 1 N–H and O–H groups in total. The Labute approximate surface area is 157 Å². The number of carbonyl (C=O) groups excluding carboxylic acids is 1. The van der Waals surface area contributed by atoms with E-state index in [4.69, 9.17) is 0 Å². The van der Waals surface area contributed by atoms with E-state index in [9.17, 15) is 28.1 Å². The van der Waals surface area contributed by atoms with E-state index < -0.39 is 22.4 Å². The van der Waals surface area contributed by atoms with Crippen molar-refractivity contribution in [1.82, 2.24) is 0 Å². The number of hydrogen-bond acceptors (Lipinski definition) is 4. The zero-order valence-corrected chi connectivity index (χ0v) is 14.2. The lowest BCUT2D eigenvalue weighted by atomic mass is 10.0. The lowest BCUT2D eigenvalue weighted by molar-refractivity contribution is -0.383. The minimum atomic E-state index is -4.46. The molecule has 28 heavy (non-hydrogen) atoms. The Morgan fingerprint density at radius 1 is 0.857 bits per heavy atom. The summed E-state index contributed by atoms with van der Waals surface area (Å²) in [7, 11) is 0. The van der Waals surface area contributed by atoms with Crippen LogP contribution in [0.25, 0.3) is 0 Å². The molecule has 0 saturated carbocycles. The van der Waals surface area contributed by atoms with Crippen molar-refractivity contribution in [3.05, 3.63) is 99.6 Å². The van der Waals surface area contributed by atoms with Crippen LogP contribution in [0.5, 0.6) is 0 Å². The maximum absolute atomic E-state index is 12.6. The standard InChI is InChI=1S/C20H13F3N2O3/c21-20(22,23)15-9-5-13(6-10-15)19(26)14-7-11-16(12-8-14)24-17-3-1-2-4-18(17)25(27)28/h1-12,24H. The van der Waals surface area contributed by atoms with Crippen molar-refractivity contribution >= 4 is 22.8 Å². The van der Waals surface area contributed by atoms with Gasteiger partial charge in [-0.2, -0.15) is 13.2 Å². The summed E-state index contributed by atoms with van der Waals surface area (Å²) in [6.07, 6.45) is -4.46. The number of carbonyl (C=O) groups is 1. The van der Waals surface area contributed by atoms with Crippen molar-refractivity contribution in [2.24, 2.45) is 0 Å². The molecule has 142 valence electrons. The number of nitrogens with one attached hydrogen (secondary N) is 1. The molecule has 0 saturated heterocycles. The molecule has 0 bridgehead atoms. The summed E-state index contributed by atoms with van der Waals surface area (Å²) >= 11 is 0. The number of rotatable bonds is 5. The number of halogens is 3. The summed E-state index contributed by atoms with van der Waals surface area (Å²) < 4.78 is 37.8. The second kappa shape index (κ2) is 7.51. The summed E-state index contributed by atoms with van der Waals surface area (Å²) in [5.74, 6) is -0.425. The summed E-state index contributed by atoms with van der Waals surface area (Å²) in [5.41, 5.74) is 0.327. The first-order valence-corrected chi connectivity index (χ1v) is 8.08. The minimum absolute atomic E-state index is 0.0904. The fraction of sp³-hybridized carbons (Fsp3) is 0.0500. The fourth-order valence-electron chi connectivity index (χ4n) is 2.58. The molecule has 0 radical (unpaired) electrons. The van der Waals surface area contributed by atoms with Gasteiger partial charge in [-0.25, -0.2) is 0 Å². The molecule has 0 atom stereocenters. The predicted molar refractivity (Wildman–Crippen MR) is 97.7 cm³/mol. The van der Waals surface area contributed by atoms with Crippen LogP contribution in [-0.4, -0.2) is 10.7 Å². The van der Waals surface area contributed by atoms with E-state index in [2.05, 4.69) is 5.32 Å². The van der Waals surface area contributed by atoms with Crippen LogP contribution in [0.15, 0.2) is 72.8 Å². The van der Waals surface area contributed by atoms with Gasteiger partial charge in [0.25, 0.3) is 5.69 Å². The summed E-state index contributed by atoms with van der Waals surface area (Å²) in [6, 6.07) is 16.2. The van der Waals surface area contributed by atoms with E-state index in [1.807, 2.05) is 0 Å². The number of alkyl halides is 3. The van der Waals surface area contributed by atoms with Crippen LogP contribution < -0.4 is 5.32 Å². The van der Waals surface area contributed by atoms with E-state index in [-0.39, 0.29) is 16.8 Å². The van der Waals surface area contributed by atoms with Gasteiger partial charge in [-0.05, 0) is 42.5 Å². The lowest BCUT2D eigenvalue weighted by Crippen LogP contribution is -2.06. The summed E-state index contributed by atoms with van der Waals surface area (Å²) in [4.78, 5) is 23.0. The Hall–Kier alpha value is -3.68. The van der Waals surface area contributed by atoms with E-state index >= 15 is 0 Å². The Morgan fingerprint density at radius 2 is 1.39 bits per heavy atom. The van der Waals surface area contributed by atoms with Gasteiger partial charge in [0.1, 0.15) is 5.69 Å². The van der Waals surface area contributed by atoms with Crippen molar-refractivity contribution in [2.45, 2.75) is 6.18 Å². The second-order valence-corrected chi connectivity index (χ2v) is 5.88. The van der Waals surface area contributed by atoms with E-state index in [0.29, 0.717) is 11.4 Å². The number of ketones is 1. The van der Waals surface area contributed by atoms with Crippen LogP contribution in [0, 0.1) is 10.1 Å². The normalized spacial score (nSPS) is 11.1. The molecule has 0 aliphatic carbocycles. The van der Waals surface area contributed by atoms with E-state index in [1.165, 1.54) is 18.2 Å². The van der Waals surface area contributed by atoms with Crippen LogP contribution >= 0.6 is 0 Å². The molecule has 3 rings (SSSR count). The average Bonchev–Trinajstić information content (AvgIpc) is 2.68. The number of para-hydroxylation sites is 2. The van der Waals surface area contributed by atoms with Gasteiger partial charge in [0.15, 0.2) is 5.78 Å². The molecule has 0 heterocycles. The first kappa shape index (κ1) is 19.1. The van der Waals surface area contributed by atoms with Crippen LogP contribution in [0.3, 0.4) is 0 Å². The number of nitrogens with zero attached hydrogens (tertiary/aromatic N) is 1. The average molecular weight is 386 g/mol. The highest BCUT2D eigenvalue weighted by Crippen LogP contribution is 2.30. The van der Waals surface area contributed by atoms with Crippen molar-refractivity contribution < 1.29 is 22.9 Å². The molecular weight excluding hydrogens is 373 g/mol. The third-order valence-electron chi connectivity index (χ3n) is 4.00. The molecule has 0 aromatic heterocycles. The monoisotopic (exact) mass is 386 g/mol. The van der Waals surface area contributed by atoms with Gasteiger partial charge in [-0.1, -0.05) is 24.3 Å². The maximum atomic E-state index is 12.6. The van der Waals surface area contributed by atoms with Crippen molar-refractivity contribution in [3.63, 3.8) is 0 Å². The van der Waals surface area contributed by atoms with Gasteiger partial charge in [0.2, 0.25) is 0 Å². The Bertz CT molecular complexity index is 1010. The Morgan fingerprint density at radius 3 is 1.93 bits per heavy atom. The highest BCUT2D eigenvalue weighted by molar-refractivity contribution is 6.09. The zero-order valence-electron chi connectivity index (χ0n) is 14.2. The van der Waals surface area contributed by atoms with Crippen LogP contribution in [-0.2, 0) is 6.18 Å². The van der Waals surface area contributed by atoms with Gasteiger partial charge < -0.3 is 5.32 Å². The SMILES string of the molecule is O=C(c1ccc(Nc2ccccc2[N+](=O)[O-])cc1)c1ccc(C(F)(F)F)cc1. The molecule has 5 nitrogen and oxygen atoms in total. The van der Waals surface area contributed by atoms with E-state index in [1.54, 1.807) is 30.3 Å². The molecule has 0 spiro atoms. The number of nitro groups is 1. The van der Waals surface area contributed by atoms with Gasteiger partial charge in [0.05, 0.1) is 10.5 Å². The van der Waals surface area contributed by atoms with Crippen molar-refractivity contribution in [3.8, 4) is 0 Å². The fourth-order valence-corrected chi connectivity index (χ4v) is 2.58. The molecule has 0 unspecified atom stereocenters. The molecule has 0 amide bonds. The first-order chi connectivity index (χ1) is 13.3. The molecular formula is C20H13F3N2O3. The Balaban J connectivity index is 1.77. The predicted octanol–water partition coefficient (Wildman–Crippen LogP) is 5.59. The van der Waals surface area contributed by atoms with Crippen molar-refractivity contribution in [2.75, 3.05) is 5.32 Å². The number of anilines is 2. The van der Waals surface area contributed by atoms with Gasteiger partial charge >= 0.3 is 6.18 Å². The first-order valence-electron chi connectivity index (χ1n) is 8.08. The maximum Gasteiger partial charge on any atom is 0.416 e. The van der Waals surface area contributed by atoms with Gasteiger partial charge in [-0.15, -0.1) is 0 Å². The lowest BCUT2D eigenvalue weighted by Gasteiger charge is -2.09.